The number of hydrogen-bond donors (Lipinski definition) is 1. The molecule has 2 aromatic heterocycles. The molecule has 2 aromatic rings. The number of aromatic nitrogens is 2. The molecule has 0 spiro atoms. The topological polar surface area (TPSA) is 61.0 Å². The van der Waals surface area contributed by atoms with Crippen molar-refractivity contribution in [2.75, 3.05) is 12.3 Å². The van der Waals surface area contributed by atoms with Gasteiger partial charge in [0.05, 0.1) is 12.0 Å². The molecule has 16 heavy (non-hydrogen) atoms. The van der Waals surface area contributed by atoms with Gasteiger partial charge in [0.25, 0.3) is 0 Å². The lowest BCUT2D eigenvalue weighted by Gasteiger charge is -2.06. The van der Waals surface area contributed by atoms with E-state index < -0.39 is 0 Å². The number of rotatable bonds is 4. The van der Waals surface area contributed by atoms with Crippen molar-refractivity contribution in [1.29, 1.82) is 0 Å². The zero-order valence-electron chi connectivity index (χ0n) is 8.85. The number of anilines is 1. The first-order valence-electron chi connectivity index (χ1n) is 5.46. The summed E-state index contributed by atoms with van der Waals surface area (Å²) in [5, 5.41) is 2.95. The van der Waals surface area contributed by atoms with E-state index in [2.05, 4.69) is 9.97 Å². The van der Waals surface area contributed by atoms with Gasteiger partial charge in [0.2, 0.25) is 11.8 Å². The Morgan fingerprint density at radius 1 is 1.44 bits per heavy atom. The standard InChI is InChI=1S/C11H13N3OS/c12-11-13-9(15-5-3-7-1-2-7)8-4-6-16-10(8)14-11/h4,6-7H,1-3,5H2,(H2,12,13,14). The Morgan fingerprint density at radius 2 is 2.31 bits per heavy atom. The minimum atomic E-state index is 0.288. The van der Waals surface area contributed by atoms with Gasteiger partial charge in [-0.05, 0) is 23.8 Å². The Kier molecular flexibility index (Phi) is 2.40. The fourth-order valence-corrected chi connectivity index (χ4v) is 2.44. The summed E-state index contributed by atoms with van der Waals surface area (Å²) in [6.07, 6.45) is 3.82. The lowest BCUT2D eigenvalue weighted by molar-refractivity contribution is 0.295. The third kappa shape index (κ3) is 1.95. The number of nitrogen functional groups attached to an aromatic ring is 1. The molecule has 0 unspecified atom stereocenters. The Labute approximate surface area is 97.5 Å². The second-order valence-corrected chi connectivity index (χ2v) is 5.00. The van der Waals surface area contributed by atoms with E-state index in [0.29, 0.717) is 5.88 Å². The third-order valence-electron chi connectivity index (χ3n) is 2.77. The van der Waals surface area contributed by atoms with Crippen molar-refractivity contribution in [3.8, 4) is 5.88 Å². The first-order valence-corrected chi connectivity index (χ1v) is 6.34. The van der Waals surface area contributed by atoms with Gasteiger partial charge in [-0.25, -0.2) is 4.98 Å². The van der Waals surface area contributed by atoms with Gasteiger partial charge in [-0.3, -0.25) is 0 Å². The smallest absolute Gasteiger partial charge is 0.227 e. The predicted octanol–water partition coefficient (Wildman–Crippen LogP) is 2.45. The van der Waals surface area contributed by atoms with Gasteiger partial charge in [-0.1, -0.05) is 12.8 Å². The maximum atomic E-state index is 5.68. The average molecular weight is 235 g/mol. The summed E-state index contributed by atoms with van der Waals surface area (Å²) in [6, 6.07) is 1.98. The van der Waals surface area contributed by atoms with Crippen molar-refractivity contribution in [2.24, 2.45) is 5.92 Å². The van der Waals surface area contributed by atoms with Crippen LogP contribution in [-0.2, 0) is 0 Å². The molecule has 1 aliphatic rings. The summed E-state index contributed by atoms with van der Waals surface area (Å²) in [6.45, 7) is 0.728. The van der Waals surface area contributed by atoms with Crippen LogP contribution in [-0.4, -0.2) is 16.6 Å². The molecule has 0 aliphatic heterocycles. The minimum Gasteiger partial charge on any atom is -0.477 e. The lowest BCUT2D eigenvalue weighted by Crippen LogP contribution is -2.03. The molecule has 0 aromatic carbocycles. The normalized spacial score (nSPS) is 15.5. The summed E-state index contributed by atoms with van der Waals surface area (Å²) < 4.78 is 5.68. The van der Waals surface area contributed by atoms with Crippen LogP contribution < -0.4 is 10.5 Å². The zero-order chi connectivity index (χ0) is 11.0. The SMILES string of the molecule is Nc1nc(OCCC2CC2)c2ccsc2n1. The van der Waals surface area contributed by atoms with Crippen molar-refractivity contribution in [2.45, 2.75) is 19.3 Å². The van der Waals surface area contributed by atoms with Crippen molar-refractivity contribution >= 4 is 27.5 Å². The highest BCUT2D eigenvalue weighted by molar-refractivity contribution is 7.16. The van der Waals surface area contributed by atoms with Gasteiger partial charge in [0, 0.05) is 0 Å². The highest BCUT2D eigenvalue weighted by atomic mass is 32.1. The average Bonchev–Trinajstić information content (AvgIpc) is 2.95. The maximum Gasteiger partial charge on any atom is 0.227 e. The molecule has 0 radical (unpaired) electrons. The van der Waals surface area contributed by atoms with E-state index in [1.165, 1.54) is 12.8 Å². The van der Waals surface area contributed by atoms with E-state index in [1.54, 1.807) is 11.3 Å². The van der Waals surface area contributed by atoms with Gasteiger partial charge >= 0.3 is 0 Å². The number of nitrogens with zero attached hydrogens (tertiary/aromatic N) is 2. The summed E-state index contributed by atoms with van der Waals surface area (Å²) >= 11 is 1.56. The Hall–Kier alpha value is -1.36. The van der Waals surface area contributed by atoms with E-state index in [-0.39, 0.29) is 5.95 Å². The van der Waals surface area contributed by atoms with Gasteiger partial charge in [-0.2, -0.15) is 4.98 Å². The molecule has 3 rings (SSSR count). The fraction of sp³-hybridized carbons (Fsp3) is 0.455. The molecule has 1 saturated carbocycles. The van der Waals surface area contributed by atoms with E-state index in [0.717, 1.165) is 29.2 Å². The molecule has 1 aliphatic carbocycles. The number of ether oxygens (including phenoxy) is 1. The van der Waals surface area contributed by atoms with Crippen molar-refractivity contribution in [1.82, 2.24) is 9.97 Å². The van der Waals surface area contributed by atoms with Crippen LogP contribution in [0, 0.1) is 5.92 Å². The summed E-state index contributed by atoms with van der Waals surface area (Å²) in [4.78, 5) is 9.20. The first-order chi connectivity index (χ1) is 7.83. The van der Waals surface area contributed by atoms with Gasteiger partial charge in [0.15, 0.2) is 0 Å². The molecule has 0 atom stereocenters. The molecule has 2 heterocycles. The largest absolute Gasteiger partial charge is 0.477 e. The molecule has 0 amide bonds. The van der Waals surface area contributed by atoms with Gasteiger partial charge in [0.1, 0.15) is 4.83 Å². The summed E-state index contributed by atoms with van der Waals surface area (Å²) in [5.41, 5.74) is 5.63. The van der Waals surface area contributed by atoms with Gasteiger partial charge in [-0.15, -0.1) is 11.3 Å². The Bertz CT molecular complexity index is 507. The minimum absolute atomic E-state index is 0.288. The van der Waals surface area contributed by atoms with Crippen LogP contribution in [0.1, 0.15) is 19.3 Å². The zero-order valence-corrected chi connectivity index (χ0v) is 9.67. The van der Waals surface area contributed by atoms with Crippen LogP contribution in [0.5, 0.6) is 5.88 Å². The van der Waals surface area contributed by atoms with Crippen molar-refractivity contribution in [3.05, 3.63) is 11.4 Å². The molecular formula is C11H13N3OS. The highest BCUT2D eigenvalue weighted by Gasteiger charge is 2.21. The lowest BCUT2D eigenvalue weighted by atomic mass is 10.3. The monoisotopic (exact) mass is 235 g/mol. The molecular weight excluding hydrogens is 222 g/mol. The second-order valence-electron chi connectivity index (χ2n) is 4.11. The molecule has 0 saturated heterocycles. The van der Waals surface area contributed by atoms with Gasteiger partial charge < -0.3 is 10.5 Å². The number of nitrogens with two attached hydrogens (primary N) is 1. The van der Waals surface area contributed by atoms with Crippen LogP contribution in [0.2, 0.25) is 0 Å². The van der Waals surface area contributed by atoms with Crippen LogP contribution in [0.25, 0.3) is 10.2 Å². The van der Waals surface area contributed by atoms with Crippen LogP contribution in [0.15, 0.2) is 11.4 Å². The first kappa shape index (κ1) is 9.84. The second kappa shape index (κ2) is 3.90. The van der Waals surface area contributed by atoms with Crippen LogP contribution >= 0.6 is 11.3 Å². The quantitative estimate of drug-likeness (QED) is 0.884. The third-order valence-corrected chi connectivity index (χ3v) is 3.58. The summed E-state index contributed by atoms with van der Waals surface area (Å²) in [5.74, 6) is 1.79. The Balaban J connectivity index is 1.80. The number of fused-ring (bicyclic) bond motifs is 1. The van der Waals surface area contributed by atoms with E-state index in [9.17, 15) is 0 Å². The number of thiophene rings is 1. The fourth-order valence-electron chi connectivity index (χ4n) is 1.68. The van der Waals surface area contributed by atoms with Crippen molar-refractivity contribution in [3.63, 3.8) is 0 Å². The number of hydrogen-bond acceptors (Lipinski definition) is 5. The molecule has 5 heteroatoms. The van der Waals surface area contributed by atoms with Crippen LogP contribution in [0.4, 0.5) is 5.95 Å². The predicted molar refractivity (Wildman–Crippen MR) is 64.7 cm³/mol. The van der Waals surface area contributed by atoms with E-state index >= 15 is 0 Å². The van der Waals surface area contributed by atoms with Crippen LogP contribution in [0.3, 0.4) is 0 Å². The molecule has 0 bridgehead atoms. The van der Waals surface area contributed by atoms with E-state index in [4.69, 9.17) is 10.5 Å². The highest BCUT2D eigenvalue weighted by Crippen LogP contribution is 2.33. The molecule has 84 valence electrons. The van der Waals surface area contributed by atoms with Crippen molar-refractivity contribution < 1.29 is 4.74 Å². The molecule has 1 fully saturated rings. The maximum absolute atomic E-state index is 5.68. The molecule has 4 nitrogen and oxygen atoms in total. The van der Waals surface area contributed by atoms with E-state index in [1.807, 2.05) is 11.4 Å². The Morgan fingerprint density at radius 3 is 3.12 bits per heavy atom. The molecule has 2 N–H and O–H groups in total. The summed E-state index contributed by atoms with van der Waals surface area (Å²) in [7, 11) is 0.